The van der Waals surface area contributed by atoms with Gasteiger partial charge in [0.2, 0.25) is 0 Å². The predicted molar refractivity (Wildman–Crippen MR) is 64.2 cm³/mol. The highest BCUT2D eigenvalue weighted by Crippen LogP contribution is 2.23. The number of hydrogen-bond donors (Lipinski definition) is 2. The molecule has 0 radical (unpaired) electrons. The number of aliphatic hydroxyl groups excluding tert-OH is 1. The lowest BCUT2D eigenvalue weighted by Gasteiger charge is -2.29. The average molecular weight is 261 g/mol. The molecule has 0 saturated carbocycles. The Bertz CT molecular complexity index is 353. The van der Waals surface area contributed by atoms with Crippen molar-refractivity contribution in [2.24, 2.45) is 0 Å². The quantitative estimate of drug-likeness (QED) is 0.772. The minimum Gasteiger partial charge on any atom is -0.394 e. The molecule has 1 atom stereocenters. The number of hydrogen-bond acceptors (Lipinski definition) is 2. The second-order valence-corrected chi connectivity index (χ2v) is 4.50. The highest BCUT2D eigenvalue weighted by Gasteiger charge is 2.28. The van der Waals surface area contributed by atoms with Crippen molar-refractivity contribution in [1.29, 1.82) is 0 Å². The molecule has 18 heavy (non-hydrogen) atoms. The molecule has 0 heterocycles. The van der Waals surface area contributed by atoms with E-state index in [1.807, 2.05) is 30.3 Å². The summed E-state index contributed by atoms with van der Waals surface area (Å²) in [4.78, 5) is 0. The molecule has 0 spiro atoms. The van der Waals surface area contributed by atoms with E-state index in [-0.39, 0.29) is 19.6 Å². The molecule has 0 saturated heterocycles. The van der Waals surface area contributed by atoms with Gasteiger partial charge in [0, 0.05) is 6.42 Å². The first kappa shape index (κ1) is 15.0. The lowest BCUT2D eigenvalue weighted by molar-refractivity contribution is -0.135. The van der Waals surface area contributed by atoms with Gasteiger partial charge in [-0.2, -0.15) is 13.2 Å². The van der Waals surface area contributed by atoms with Gasteiger partial charge in [-0.3, -0.25) is 0 Å². The Morgan fingerprint density at radius 1 is 1.17 bits per heavy atom. The van der Waals surface area contributed by atoms with E-state index in [1.54, 1.807) is 6.92 Å². The molecule has 5 heteroatoms. The minimum absolute atomic E-state index is 0.00588. The minimum atomic E-state index is -4.12. The molecule has 0 aromatic heterocycles. The first-order valence-corrected chi connectivity index (χ1v) is 5.85. The standard InChI is InChI=1S/C13H18F3NO/c1-12(10-18,11-6-3-2-4-7-11)17-9-5-8-13(14,15)16/h2-4,6-7,17-18H,5,8-10H2,1H3. The predicted octanol–water partition coefficient (Wildman–Crippen LogP) is 2.83. The van der Waals surface area contributed by atoms with E-state index in [4.69, 9.17) is 0 Å². The molecule has 0 bridgehead atoms. The zero-order chi connectivity index (χ0) is 13.6. The van der Waals surface area contributed by atoms with Crippen LogP contribution in [0.4, 0.5) is 13.2 Å². The summed E-state index contributed by atoms with van der Waals surface area (Å²) < 4.78 is 36.0. The molecule has 1 aromatic carbocycles. The summed E-state index contributed by atoms with van der Waals surface area (Å²) in [6.45, 7) is 1.82. The van der Waals surface area contributed by atoms with Crippen LogP contribution in [0.2, 0.25) is 0 Å². The zero-order valence-corrected chi connectivity index (χ0v) is 10.3. The third kappa shape index (κ3) is 4.66. The lowest BCUT2D eigenvalue weighted by atomic mass is 9.93. The summed E-state index contributed by atoms with van der Waals surface area (Å²) in [5.41, 5.74) is 0.159. The summed E-state index contributed by atoms with van der Waals surface area (Å²) >= 11 is 0. The van der Waals surface area contributed by atoms with Gasteiger partial charge in [-0.05, 0) is 25.5 Å². The number of halogens is 3. The van der Waals surface area contributed by atoms with Gasteiger partial charge in [0.1, 0.15) is 0 Å². The van der Waals surface area contributed by atoms with Gasteiger partial charge in [-0.1, -0.05) is 30.3 Å². The highest BCUT2D eigenvalue weighted by molar-refractivity contribution is 5.23. The normalized spacial score (nSPS) is 15.4. The largest absolute Gasteiger partial charge is 0.394 e. The van der Waals surface area contributed by atoms with Crippen molar-refractivity contribution in [3.63, 3.8) is 0 Å². The third-order valence-electron chi connectivity index (χ3n) is 2.88. The van der Waals surface area contributed by atoms with Crippen LogP contribution in [0.5, 0.6) is 0 Å². The van der Waals surface area contributed by atoms with E-state index in [0.29, 0.717) is 0 Å². The summed E-state index contributed by atoms with van der Waals surface area (Å²) in [5.74, 6) is 0. The fraction of sp³-hybridized carbons (Fsp3) is 0.538. The van der Waals surface area contributed by atoms with Crippen molar-refractivity contribution in [2.45, 2.75) is 31.5 Å². The second kappa shape index (κ2) is 6.20. The molecule has 2 N–H and O–H groups in total. The van der Waals surface area contributed by atoms with E-state index in [9.17, 15) is 18.3 Å². The SMILES string of the molecule is CC(CO)(NCCCC(F)(F)F)c1ccccc1. The summed E-state index contributed by atoms with van der Waals surface area (Å²) in [7, 11) is 0. The van der Waals surface area contributed by atoms with Gasteiger partial charge in [0.05, 0.1) is 12.1 Å². The van der Waals surface area contributed by atoms with Crippen LogP contribution < -0.4 is 5.32 Å². The van der Waals surface area contributed by atoms with Gasteiger partial charge in [-0.15, -0.1) is 0 Å². The molecular formula is C13H18F3NO. The molecule has 0 aliphatic rings. The topological polar surface area (TPSA) is 32.3 Å². The van der Waals surface area contributed by atoms with Crippen molar-refractivity contribution in [3.05, 3.63) is 35.9 Å². The zero-order valence-electron chi connectivity index (χ0n) is 10.3. The molecule has 0 aliphatic heterocycles. The first-order chi connectivity index (χ1) is 8.37. The van der Waals surface area contributed by atoms with Gasteiger partial charge in [-0.25, -0.2) is 0 Å². The molecule has 1 aromatic rings. The Morgan fingerprint density at radius 3 is 2.28 bits per heavy atom. The van der Waals surface area contributed by atoms with Crippen LogP contribution in [-0.2, 0) is 5.54 Å². The lowest BCUT2D eigenvalue weighted by Crippen LogP contribution is -2.43. The Labute approximate surface area is 105 Å². The maximum Gasteiger partial charge on any atom is 0.389 e. The number of rotatable bonds is 6. The number of aliphatic hydroxyl groups is 1. The van der Waals surface area contributed by atoms with Crippen LogP contribution in [-0.4, -0.2) is 24.4 Å². The number of benzene rings is 1. The highest BCUT2D eigenvalue weighted by atomic mass is 19.4. The fourth-order valence-electron chi connectivity index (χ4n) is 1.71. The third-order valence-corrected chi connectivity index (χ3v) is 2.88. The van der Waals surface area contributed by atoms with Gasteiger partial charge >= 0.3 is 6.18 Å². The smallest absolute Gasteiger partial charge is 0.389 e. The van der Waals surface area contributed by atoms with E-state index in [2.05, 4.69) is 5.32 Å². The molecule has 1 unspecified atom stereocenters. The molecule has 0 amide bonds. The van der Waals surface area contributed by atoms with Gasteiger partial charge in [0.25, 0.3) is 0 Å². The Balaban J connectivity index is 2.52. The molecule has 1 rings (SSSR count). The monoisotopic (exact) mass is 261 g/mol. The summed E-state index contributed by atoms with van der Waals surface area (Å²) in [6, 6.07) is 9.20. The first-order valence-electron chi connectivity index (χ1n) is 5.85. The Hall–Kier alpha value is -1.07. The molecule has 102 valence electrons. The van der Waals surface area contributed by atoms with E-state index < -0.39 is 18.1 Å². The van der Waals surface area contributed by atoms with Crippen molar-refractivity contribution in [3.8, 4) is 0 Å². The Kier molecular flexibility index (Phi) is 5.16. The summed E-state index contributed by atoms with van der Waals surface area (Å²) in [5, 5.41) is 12.4. The molecule has 0 aliphatic carbocycles. The van der Waals surface area contributed by atoms with E-state index in [1.165, 1.54) is 0 Å². The number of nitrogens with one attached hydrogen (secondary N) is 1. The fourth-order valence-corrected chi connectivity index (χ4v) is 1.71. The van der Waals surface area contributed by atoms with Gasteiger partial charge in [0.15, 0.2) is 0 Å². The molecule has 0 fully saturated rings. The van der Waals surface area contributed by atoms with E-state index >= 15 is 0 Å². The van der Waals surface area contributed by atoms with Crippen molar-refractivity contribution in [1.82, 2.24) is 5.32 Å². The van der Waals surface area contributed by atoms with Crippen LogP contribution in [0.3, 0.4) is 0 Å². The Morgan fingerprint density at radius 2 is 1.78 bits per heavy atom. The summed E-state index contributed by atoms with van der Waals surface area (Å²) in [6.07, 6.45) is -4.92. The van der Waals surface area contributed by atoms with Crippen LogP contribution >= 0.6 is 0 Å². The second-order valence-electron chi connectivity index (χ2n) is 4.50. The molecule has 2 nitrogen and oxygen atoms in total. The van der Waals surface area contributed by atoms with Crippen molar-refractivity contribution >= 4 is 0 Å². The number of alkyl halides is 3. The van der Waals surface area contributed by atoms with Crippen LogP contribution in [0.25, 0.3) is 0 Å². The molecular weight excluding hydrogens is 243 g/mol. The van der Waals surface area contributed by atoms with Crippen LogP contribution in [0.15, 0.2) is 30.3 Å². The van der Waals surface area contributed by atoms with Crippen molar-refractivity contribution in [2.75, 3.05) is 13.2 Å². The van der Waals surface area contributed by atoms with Crippen LogP contribution in [0, 0.1) is 0 Å². The van der Waals surface area contributed by atoms with Gasteiger partial charge < -0.3 is 10.4 Å². The van der Waals surface area contributed by atoms with E-state index in [0.717, 1.165) is 5.56 Å². The maximum absolute atomic E-state index is 12.0. The van der Waals surface area contributed by atoms with Crippen molar-refractivity contribution < 1.29 is 18.3 Å². The maximum atomic E-state index is 12.0. The van der Waals surface area contributed by atoms with Crippen LogP contribution in [0.1, 0.15) is 25.3 Å². The average Bonchev–Trinajstić information content (AvgIpc) is 2.34.